The van der Waals surface area contributed by atoms with Crippen molar-refractivity contribution in [3.8, 4) is 0 Å². The number of halogens is 2. The number of allylic oxidation sites excluding steroid dienone is 4. The molecule has 4 heteroatoms. The third-order valence-electron chi connectivity index (χ3n) is 0.556. The summed E-state index contributed by atoms with van der Waals surface area (Å²) < 4.78 is 0. The summed E-state index contributed by atoms with van der Waals surface area (Å²) in [4.78, 5) is 0. The molecule has 0 unspecified atom stereocenters. The van der Waals surface area contributed by atoms with Gasteiger partial charge in [0.2, 0.25) is 0 Å². The van der Waals surface area contributed by atoms with Crippen LogP contribution in [-0.2, 0) is 17.0 Å². The van der Waals surface area contributed by atoms with Crippen molar-refractivity contribution >= 4 is 18.6 Å². The molecule has 0 atom stereocenters. The van der Waals surface area contributed by atoms with Gasteiger partial charge in [-0.15, -0.1) is 0 Å². The molecule has 0 amide bonds. The molecule has 1 N–H and O–H groups in total. The SMILES string of the molecule is CO.[CH]1C=CC=C1.[Cl][Ti][Cl]. The van der Waals surface area contributed by atoms with Gasteiger partial charge in [-0.1, -0.05) is 24.3 Å². The monoisotopic (exact) mass is 215 g/mol. The Balaban J connectivity index is 0. The van der Waals surface area contributed by atoms with E-state index in [0.717, 1.165) is 7.11 Å². The van der Waals surface area contributed by atoms with Gasteiger partial charge in [0.25, 0.3) is 0 Å². The van der Waals surface area contributed by atoms with E-state index in [0.29, 0.717) is 0 Å². The number of aliphatic hydroxyl groups excluding tert-OH is 1. The van der Waals surface area contributed by atoms with Crippen LogP contribution in [0.15, 0.2) is 24.3 Å². The maximum absolute atomic E-state index is 7.00. The molecule has 1 nitrogen and oxygen atoms in total. The Morgan fingerprint density at radius 1 is 1.00 bits per heavy atom. The molecule has 1 radical (unpaired) electrons. The van der Waals surface area contributed by atoms with Gasteiger partial charge in [-0.3, -0.25) is 0 Å². The van der Waals surface area contributed by atoms with Crippen LogP contribution in [0.1, 0.15) is 0 Å². The van der Waals surface area contributed by atoms with Crippen molar-refractivity contribution in [2.75, 3.05) is 7.11 Å². The molecular weight excluding hydrogens is 207 g/mol. The van der Waals surface area contributed by atoms with E-state index in [9.17, 15) is 0 Å². The minimum absolute atomic E-state index is 0.556. The zero-order valence-electron chi connectivity index (χ0n) is 5.59. The molecule has 0 aromatic carbocycles. The Kier molecular flexibility index (Phi) is 21.8. The molecule has 1 aliphatic carbocycles. The predicted octanol–water partition coefficient (Wildman–Crippen LogP) is 2.30. The van der Waals surface area contributed by atoms with Gasteiger partial charge in [0.1, 0.15) is 0 Å². The molecule has 0 spiro atoms. The first-order valence-corrected chi connectivity index (χ1v) is 6.79. The molecule has 0 aromatic rings. The van der Waals surface area contributed by atoms with Gasteiger partial charge in [0.05, 0.1) is 0 Å². The average molecular weight is 216 g/mol. The van der Waals surface area contributed by atoms with Crippen molar-refractivity contribution in [2.45, 2.75) is 0 Å². The van der Waals surface area contributed by atoms with Gasteiger partial charge < -0.3 is 5.11 Å². The fourth-order valence-electron chi connectivity index (χ4n) is 0.321. The predicted molar refractivity (Wildman–Crippen MR) is 42.4 cm³/mol. The van der Waals surface area contributed by atoms with Crippen LogP contribution in [0.4, 0.5) is 0 Å². The van der Waals surface area contributed by atoms with Crippen molar-refractivity contribution in [2.24, 2.45) is 0 Å². The summed E-state index contributed by atoms with van der Waals surface area (Å²) in [7, 11) is 10.8. The van der Waals surface area contributed by atoms with Crippen molar-refractivity contribution in [1.29, 1.82) is 0 Å². The topological polar surface area (TPSA) is 20.2 Å². The standard InChI is InChI=1S/C5H5.CH4O.2ClH.Ti/c1-2-4-5-3-1;1-2;;;/h1-5H;2H,1H3;2*1H;/q;;;;+2/p-2. The second-order valence-electron chi connectivity index (χ2n) is 1.03. The van der Waals surface area contributed by atoms with Gasteiger partial charge in [0.15, 0.2) is 0 Å². The first kappa shape index (κ1) is 13.3. The minimum atomic E-state index is -0.556. The van der Waals surface area contributed by atoms with Gasteiger partial charge in [-0.25, -0.2) is 0 Å². The van der Waals surface area contributed by atoms with E-state index in [-0.39, 0.29) is 0 Å². The number of hydrogen-bond donors (Lipinski definition) is 1. The summed E-state index contributed by atoms with van der Waals surface area (Å²) in [5, 5.41) is 7.00. The Bertz CT molecular complexity index is 83.7. The first-order valence-electron chi connectivity index (χ1n) is 2.49. The molecule has 0 aliphatic heterocycles. The average Bonchev–Trinajstić information content (AvgIpc) is 2.48. The van der Waals surface area contributed by atoms with Crippen molar-refractivity contribution in [3.63, 3.8) is 0 Å². The van der Waals surface area contributed by atoms with E-state index in [1.54, 1.807) is 0 Å². The van der Waals surface area contributed by atoms with Crippen molar-refractivity contribution < 1.29 is 22.1 Å². The van der Waals surface area contributed by atoms with Crippen LogP contribution in [0.2, 0.25) is 0 Å². The van der Waals surface area contributed by atoms with Crippen LogP contribution in [0.3, 0.4) is 0 Å². The Labute approximate surface area is 78.4 Å². The summed E-state index contributed by atoms with van der Waals surface area (Å²) in [5.41, 5.74) is 0. The molecule has 0 saturated heterocycles. The molecule has 1 aliphatic rings. The number of rotatable bonds is 0. The number of hydrogen-bond acceptors (Lipinski definition) is 1. The van der Waals surface area contributed by atoms with Crippen molar-refractivity contribution in [1.82, 2.24) is 0 Å². The zero-order valence-corrected chi connectivity index (χ0v) is 8.66. The summed E-state index contributed by atoms with van der Waals surface area (Å²) in [6.45, 7) is 0. The molecule has 57 valence electrons. The summed E-state index contributed by atoms with van der Waals surface area (Å²) >= 11 is -0.556. The quantitative estimate of drug-likeness (QED) is 0.615. The zero-order chi connectivity index (χ0) is 8.24. The molecule has 0 bridgehead atoms. The Hall–Kier alpha value is 0.734. The molecule has 10 heavy (non-hydrogen) atoms. The molecule has 0 fully saturated rings. The summed E-state index contributed by atoms with van der Waals surface area (Å²) in [5.74, 6) is 0. The van der Waals surface area contributed by atoms with Gasteiger partial charge >= 0.3 is 35.6 Å². The summed E-state index contributed by atoms with van der Waals surface area (Å²) in [6.07, 6.45) is 10.0. The Morgan fingerprint density at radius 2 is 1.30 bits per heavy atom. The molecule has 0 heterocycles. The normalized spacial score (nSPS) is 10.8. The van der Waals surface area contributed by atoms with Crippen LogP contribution in [0.25, 0.3) is 0 Å². The van der Waals surface area contributed by atoms with E-state index >= 15 is 0 Å². The first-order chi connectivity index (χ1) is 4.91. The van der Waals surface area contributed by atoms with E-state index in [1.165, 1.54) is 0 Å². The van der Waals surface area contributed by atoms with Crippen LogP contribution in [-0.4, -0.2) is 12.2 Å². The van der Waals surface area contributed by atoms with E-state index in [1.807, 2.05) is 30.7 Å². The Morgan fingerprint density at radius 3 is 1.40 bits per heavy atom. The van der Waals surface area contributed by atoms with Gasteiger partial charge in [-0.2, -0.15) is 0 Å². The fraction of sp³-hybridized carbons (Fsp3) is 0.167. The van der Waals surface area contributed by atoms with Crippen LogP contribution >= 0.6 is 18.6 Å². The molecular formula is C6H9Cl2OTi. The van der Waals surface area contributed by atoms with E-state index in [2.05, 4.69) is 0 Å². The van der Waals surface area contributed by atoms with Crippen LogP contribution in [0, 0.1) is 6.42 Å². The van der Waals surface area contributed by atoms with Gasteiger partial charge in [-0.05, 0) is 0 Å². The summed E-state index contributed by atoms with van der Waals surface area (Å²) in [6, 6.07) is 0. The van der Waals surface area contributed by atoms with Crippen molar-refractivity contribution in [3.05, 3.63) is 30.7 Å². The second kappa shape index (κ2) is 16.4. The molecule has 0 saturated carbocycles. The van der Waals surface area contributed by atoms with Gasteiger partial charge in [0, 0.05) is 13.5 Å². The van der Waals surface area contributed by atoms with E-state index in [4.69, 9.17) is 23.7 Å². The van der Waals surface area contributed by atoms with Crippen LogP contribution in [0.5, 0.6) is 0 Å². The van der Waals surface area contributed by atoms with E-state index < -0.39 is 17.0 Å². The molecule has 1 rings (SSSR count). The third-order valence-corrected chi connectivity index (χ3v) is 0.556. The molecule has 0 aromatic heterocycles. The second-order valence-corrected chi connectivity index (χ2v) is 3.61. The third kappa shape index (κ3) is 15.9. The number of aliphatic hydroxyl groups is 1. The maximum atomic E-state index is 7.00. The van der Waals surface area contributed by atoms with Crippen LogP contribution < -0.4 is 0 Å². The fourth-order valence-corrected chi connectivity index (χ4v) is 0.321.